The van der Waals surface area contributed by atoms with E-state index >= 15 is 0 Å². The van der Waals surface area contributed by atoms with Crippen molar-refractivity contribution in [2.45, 2.75) is 69.4 Å². The molecule has 1 saturated heterocycles. The van der Waals surface area contributed by atoms with Crippen LogP contribution in [0.4, 0.5) is 4.79 Å². The van der Waals surface area contributed by atoms with Crippen LogP contribution in [0.3, 0.4) is 0 Å². The van der Waals surface area contributed by atoms with E-state index < -0.39 is 18.2 Å². The van der Waals surface area contributed by atoms with Gasteiger partial charge < -0.3 is 24.6 Å². The lowest BCUT2D eigenvalue weighted by Gasteiger charge is -2.31. The number of rotatable bonds is 12. The Hall–Kier alpha value is -2.65. The first-order valence-electron chi connectivity index (χ1n) is 12.9. The van der Waals surface area contributed by atoms with E-state index in [9.17, 15) is 9.90 Å². The van der Waals surface area contributed by atoms with Gasteiger partial charge in [0.1, 0.15) is 11.9 Å². The van der Waals surface area contributed by atoms with Gasteiger partial charge in [0.25, 0.3) is 0 Å². The van der Waals surface area contributed by atoms with E-state index in [-0.39, 0.29) is 18.8 Å². The van der Waals surface area contributed by atoms with Crippen molar-refractivity contribution in [1.82, 2.24) is 10.4 Å². The molecule has 4 rings (SSSR count). The molecule has 1 amide bonds. The Balaban J connectivity index is 1.44. The summed E-state index contributed by atoms with van der Waals surface area (Å²) in [4.78, 5) is 19.0. The first kappa shape index (κ1) is 26.4. The van der Waals surface area contributed by atoms with Crippen LogP contribution in [0.1, 0.15) is 43.2 Å². The number of hydroxylamine groups is 2. The smallest absolute Gasteiger partial charge is 0.407 e. The normalized spacial score (nSPS) is 19.8. The molecule has 1 aliphatic heterocycles. The molecular weight excluding hydrogens is 460 g/mol. The lowest BCUT2D eigenvalue weighted by atomic mass is 10.0. The molecule has 8 nitrogen and oxygen atoms in total. The van der Waals surface area contributed by atoms with Crippen molar-refractivity contribution in [2.24, 2.45) is 0 Å². The molecule has 0 spiro atoms. The summed E-state index contributed by atoms with van der Waals surface area (Å²) in [6, 6.07) is 17.1. The van der Waals surface area contributed by atoms with E-state index in [1.165, 1.54) is 0 Å². The highest BCUT2D eigenvalue weighted by Crippen LogP contribution is 2.24. The Labute approximate surface area is 213 Å². The zero-order valence-electron chi connectivity index (χ0n) is 21.0. The van der Waals surface area contributed by atoms with Gasteiger partial charge in [-0.25, -0.2) is 4.79 Å². The molecule has 1 aliphatic carbocycles. The van der Waals surface area contributed by atoms with E-state index in [4.69, 9.17) is 19.0 Å². The van der Waals surface area contributed by atoms with Crippen LogP contribution < -0.4 is 10.1 Å². The van der Waals surface area contributed by atoms with Crippen LogP contribution in [0.15, 0.2) is 54.6 Å². The molecule has 1 unspecified atom stereocenters. The number of aliphatic hydroxyl groups excluding tert-OH is 1. The van der Waals surface area contributed by atoms with Gasteiger partial charge in [0.05, 0.1) is 45.1 Å². The van der Waals surface area contributed by atoms with Crippen LogP contribution in [0.25, 0.3) is 0 Å². The summed E-state index contributed by atoms with van der Waals surface area (Å²) in [5, 5.41) is 16.1. The van der Waals surface area contributed by atoms with Crippen molar-refractivity contribution in [2.75, 3.05) is 26.9 Å². The molecule has 196 valence electrons. The minimum Gasteiger partial charge on any atom is -0.497 e. The van der Waals surface area contributed by atoms with E-state index in [1.54, 1.807) is 7.11 Å². The average Bonchev–Trinajstić information content (AvgIpc) is 3.59. The van der Waals surface area contributed by atoms with E-state index in [0.717, 1.165) is 42.6 Å². The maximum atomic E-state index is 12.7. The van der Waals surface area contributed by atoms with Gasteiger partial charge in [-0.2, -0.15) is 5.06 Å². The monoisotopic (exact) mass is 498 g/mol. The molecule has 2 aromatic carbocycles. The summed E-state index contributed by atoms with van der Waals surface area (Å²) in [6.07, 6.45) is 3.95. The molecule has 2 aliphatic rings. The molecule has 2 aromatic rings. The minimum atomic E-state index is -0.878. The van der Waals surface area contributed by atoms with Gasteiger partial charge in [-0.05, 0) is 42.5 Å². The zero-order chi connectivity index (χ0) is 25.2. The molecule has 0 radical (unpaired) electrons. The molecule has 8 heteroatoms. The van der Waals surface area contributed by atoms with Crippen molar-refractivity contribution in [3.8, 4) is 5.75 Å². The number of aliphatic hydroxyl groups is 1. The molecule has 3 atom stereocenters. The second kappa shape index (κ2) is 13.6. The summed E-state index contributed by atoms with van der Waals surface area (Å²) in [6.45, 7) is 1.75. The second-order valence-electron chi connectivity index (χ2n) is 9.58. The van der Waals surface area contributed by atoms with E-state index in [0.29, 0.717) is 32.6 Å². The number of amides is 1. The number of carbonyl (C=O) groups excluding carboxylic acids is 1. The minimum absolute atomic E-state index is 0.142. The van der Waals surface area contributed by atoms with E-state index in [2.05, 4.69) is 5.32 Å². The summed E-state index contributed by atoms with van der Waals surface area (Å²) >= 11 is 0. The van der Waals surface area contributed by atoms with Crippen LogP contribution in [-0.2, 0) is 27.3 Å². The quantitative estimate of drug-likeness (QED) is 0.430. The third-order valence-electron chi connectivity index (χ3n) is 6.74. The summed E-state index contributed by atoms with van der Waals surface area (Å²) in [7, 11) is 1.64. The van der Waals surface area contributed by atoms with Crippen LogP contribution in [0.5, 0.6) is 5.75 Å². The van der Waals surface area contributed by atoms with Crippen molar-refractivity contribution in [3.63, 3.8) is 0 Å². The number of nitrogens with zero attached hydrogens (tertiary/aromatic N) is 1. The lowest BCUT2D eigenvalue weighted by molar-refractivity contribution is -0.214. The molecule has 2 N–H and O–H groups in total. The maximum absolute atomic E-state index is 12.7. The highest BCUT2D eigenvalue weighted by Gasteiger charge is 2.29. The number of alkyl carbamates (subject to hydrolysis) is 1. The SMILES string of the molecule is COc1ccc(CN(CC(O)[C@H](Cc2ccccc2)NC(=O)O[C@H]2CCOC2)OC2CCCC2)cc1. The van der Waals surface area contributed by atoms with Gasteiger partial charge in [-0.3, -0.25) is 4.84 Å². The number of carbonyl (C=O) groups is 1. The fraction of sp³-hybridized carbons (Fsp3) is 0.536. The van der Waals surface area contributed by atoms with Crippen molar-refractivity contribution >= 4 is 6.09 Å². The van der Waals surface area contributed by atoms with Crippen molar-refractivity contribution < 1.29 is 28.9 Å². The summed E-state index contributed by atoms with van der Waals surface area (Å²) < 4.78 is 16.1. The topological polar surface area (TPSA) is 89.5 Å². The Morgan fingerprint density at radius 2 is 1.81 bits per heavy atom. The average molecular weight is 499 g/mol. The molecule has 1 heterocycles. The fourth-order valence-corrected chi connectivity index (χ4v) is 4.71. The number of ether oxygens (including phenoxy) is 3. The first-order valence-corrected chi connectivity index (χ1v) is 12.9. The predicted octanol–water partition coefficient (Wildman–Crippen LogP) is 3.86. The van der Waals surface area contributed by atoms with Gasteiger partial charge in [0.15, 0.2) is 0 Å². The molecule has 36 heavy (non-hydrogen) atoms. The third-order valence-corrected chi connectivity index (χ3v) is 6.74. The van der Waals surface area contributed by atoms with Gasteiger partial charge in [0.2, 0.25) is 0 Å². The maximum Gasteiger partial charge on any atom is 0.407 e. The highest BCUT2D eigenvalue weighted by molar-refractivity contribution is 5.68. The molecular formula is C28H38N2O6. The Morgan fingerprint density at radius 3 is 2.47 bits per heavy atom. The van der Waals surface area contributed by atoms with E-state index in [1.807, 2.05) is 59.7 Å². The molecule has 2 fully saturated rings. The Bertz CT molecular complexity index is 913. The summed E-state index contributed by atoms with van der Waals surface area (Å²) in [5.41, 5.74) is 2.07. The van der Waals surface area contributed by atoms with Crippen LogP contribution >= 0.6 is 0 Å². The molecule has 0 bridgehead atoms. The highest BCUT2D eigenvalue weighted by atomic mass is 16.7. The molecule has 0 aromatic heterocycles. The Morgan fingerprint density at radius 1 is 1.06 bits per heavy atom. The number of nitrogens with one attached hydrogen (secondary N) is 1. The Kier molecular flexibility index (Phi) is 9.98. The molecule has 1 saturated carbocycles. The van der Waals surface area contributed by atoms with Crippen molar-refractivity contribution in [1.29, 1.82) is 0 Å². The number of hydrogen-bond donors (Lipinski definition) is 2. The standard InChI is InChI=1S/C28H38N2O6/c1-33-23-13-11-22(12-14-23)18-30(36-24-9-5-6-10-24)19-27(31)26(17-21-7-3-2-4-8-21)29-28(32)35-25-15-16-34-20-25/h2-4,7-8,11-14,24-27,31H,5-6,9-10,15-20H2,1H3,(H,29,32)/t25-,26-,27?/m0/s1. The lowest BCUT2D eigenvalue weighted by Crippen LogP contribution is -2.50. The number of methoxy groups -OCH3 is 1. The fourth-order valence-electron chi connectivity index (χ4n) is 4.71. The zero-order valence-corrected chi connectivity index (χ0v) is 21.0. The van der Waals surface area contributed by atoms with Crippen LogP contribution in [0.2, 0.25) is 0 Å². The van der Waals surface area contributed by atoms with Gasteiger partial charge in [-0.15, -0.1) is 0 Å². The number of hydrogen-bond acceptors (Lipinski definition) is 7. The van der Waals surface area contributed by atoms with Crippen molar-refractivity contribution in [3.05, 3.63) is 65.7 Å². The summed E-state index contributed by atoms with van der Waals surface area (Å²) in [5.74, 6) is 0.792. The predicted molar refractivity (Wildman–Crippen MR) is 136 cm³/mol. The first-order chi connectivity index (χ1) is 17.6. The van der Waals surface area contributed by atoms with Crippen LogP contribution in [0, 0.1) is 0 Å². The second-order valence-corrected chi connectivity index (χ2v) is 9.58. The largest absolute Gasteiger partial charge is 0.497 e. The van der Waals surface area contributed by atoms with Gasteiger partial charge >= 0.3 is 6.09 Å². The number of benzene rings is 2. The third kappa shape index (κ3) is 8.20. The van der Waals surface area contributed by atoms with Gasteiger partial charge in [-0.1, -0.05) is 55.3 Å². The van der Waals surface area contributed by atoms with Crippen LogP contribution in [-0.4, -0.2) is 67.5 Å². The van der Waals surface area contributed by atoms with Gasteiger partial charge in [0, 0.05) is 13.0 Å².